The van der Waals surface area contributed by atoms with Crippen molar-refractivity contribution in [3.8, 4) is 6.07 Å². The topological polar surface area (TPSA) is 70.0 Å². The normalized spacial score (nSPS) is 27.3. The summed E-state index contributed by atoms with van der Waals surface area (Å²) in [6, 6.07) is 2.18. The second-order valence-electron chi connectivity index (χ2n) is 6.48. The SMILES string of the molecule is Cc1sc(NC(=O)C2CC3CCCC(C2)C3=O)c(C#N)c1C. The Morgan fingerprint density at radius 3 is 2.50 bits per heavy atom. The first-order valence-corrected chi connectivity index (χ1v) is 8.67. The highest BCUT2D eigenvalue weighted by atomic mass is 32.1. The molecule has 2 saturated carbocycles. The van der Waals surface area contributed by atoms with Gasteiger partial charge < -0.3 is 5.32 Å². The summed E-state index contributed by atoms with van der Waals surface area (Å²) in [6.45, 7) is 3.86. The monoisotopic (exact) mass is 316 g/mol. The minimum absolute atomic E-state index is 0.0258. The average molecular weight is 316 g/mol. The van der Waals surface area contributed by atoms with E-state index in [1.165, 1.54) is 11.3 Å². The number of carbonyl (C=O) groups excluding carboxylic acids is 2. The van der Waals surface area contributed by atoms with Crippen molar-refractivity contribution in [3.05, 3.63) is 16.0 Å². The van der Waals surface area contributed by atoms with Gasteiger partial charge in [-0.25, -0.2) is 0 Å². The van der Waals surface area contributed by atoms with Gasteiger partial charge in [0.15, 0.2) is 0 Å². The predicted octanol–water partition coefficient (Wildman–Crippen LogP) is 3.57. The van der Waals surface area contributed by atoms with Crippen LogP contribution in [0.15, 0.2) is 0 Å². The number of hydrogen-bond acceptors (Lipinski definition) is 4. The van der Waals surface area contributed by atoms with Crippen molar-refractivity contribution < 1.29 is 9.59 Å². The lowest BCUT2D eigenvalue weighted by Crippen LogP contribution is -2.40. The van der Waals surface area contributed by atoms with Crippen molar-refractivity contribution >= 4 is 28.0 Å². The molecule has 2 fully saturated rings. The third-order valence-corrected chi connectivity index (χ3v) is 6.28. The minimum atomic E-state index is -0.0951. The maximum Gasteiger partial charge on any atom is 0.228 e. The van der Waals surface area contributed by atoms with Crippen LogP contribution in [0.2, 0.25) is 0 Å². The van der Waals surface area contributed by atoms with Crippen LogP contribution in [-0.2, 0) is 9.59 Å². The first kappa shape index (κ1) is 15.2. The molecule has 4 nitrogen and oxygen atoms in total. The molecular formula is C17H20N2O2S. The number of Topliss-reactive ketones (excluding diaryl/α,β-unsaturated/α-hetero) is 1. The van der Waals surface area contributed by atoms with E-state index < -0.39 is 0 Å². The van der Waals surface area contributed by atoms with Gasteiger partial charge in [0.25, 0.3) is 0 Å². The van der Waals surface area contributed by atoms with E-state index in [4.69, 9.17) is 0 Å². The molecule has 0 aromatic carbocycles. The maximum absolute atomic E-state index is 12.6. The minimum Gasteiger partial charge on any atom is -0.316 e. The Kier molecular flexibility index (Phi) is 4.05. The van der Waals surface area contributed by atoms with Gasteiger partial charge in [0.2, 0.25) is 5.91 Å². The third-order valence-electron chi connectivity index (χ3n) is 5.15. The van der Waals surface area contributed by atoms with Crippen LogP contribution in [0.3, 0.4) is 0 Å². The number of anilines is 1. The molecule has 1 amide bonds. The van der Waals surface area contributed by atoms with E-state index in [9.17, 15) is 14.9 Å². The molecule has 2 aliphatic carbocycles. The molecule has 0 spiro atoms. The number of ketones is 1. The fourth-order valence-electron chi connectivity index (χ4n) is 3.76. The van der Waals surface area contributed by atoms with Gasteiger partial charge in [-0.3, -0.25) is 9.59 Å². The van der Waals surface area contributed by atoms with E-state index in [2.05, 4.69) is 11.4 Å². The van der Waals surface area contributed by atoms with Crippen LogP contribution in [0.25, 0.3) is 0 Å². The third kappa shape index (κ3) is 2.56. The van der Waals surface area contributed by atoms with Gasteiger partial charge in [0, 0.05) is 22.6 Å². The summed E-state index contributed by atoms with van der Waals surface area (Å²) in [5.41, 5.74) is 1.52. The van der Waals surface area contributed by atoms with Crippen LogP contribution in [0.4, 0.5) is 5.00 Å². The lowest BCUT2D eigenvalue weighted by atomic mass is 9.67. The van der Waals surface area contributed by atoms with Crippen LogP contribution in [0, 0.1) is 42.9 Å². The van der Waals surface area contributed by atoms with Gasteiger partial charge in [0.05, 0.1) is 5.56 Å². The van der Waals surface area contributed by atoms with Crippen molar-refractivity contribution in [2.75, 3.05) is 5.32 Å². The predicted molar refractivity (Wildman–Crippen MR) is 85.7 cm³/mol. The summed E-state index contributed by atoms with van der Waals surface area (Å²) in [7, 11) is 0. The molecule has 1 aromatic rings. The number of nitrogens with zero attached hydrogens (tertiary/aromatic N) is 1. The second-order valence-corrected chi connectivity index (χ2v) is 7.71. The molecule has 2 atom stereocenters. The fraction of sp³-hybridized carbons (Fsp3) is 0.588. The van der Waals surface area contributed by atoms with Crippen LogP contribution in [0.1, 0.15) is 48.1 Å². The Bertz CT molecular complexity index is 655. The molecule has 2 unspecified atom stereocenters. The van der Waals surface area contributed by atoms with Gasteiger partial charge in [-0.2, -0.15) is 5.26 Å². The fourth-order valence-corrected chi connectivity index (χ4v) is 4.77. The number of hydrogen-bond donors (Lipinski definition) is 1. The van der Waals surface area contributed by atoms with Gasteiger partial charge in [-0.1, -0.05) is 6.42 Å². The second kappa shape index (κ2) is 5.85. The smallest absolute Gasteiger partial charge is 0.228 e. The Hall–Kier alpha value is -1.67. The highest BCUT2D eigenvalue weighted by molar-refractivity contribution is 7.16. The number of fused-ring (bicyclic) bond motifs is 2. The van der Waals surface area contributed by atoms with Crippen molar-refractivity contribution in [1.29, 1.82) is 5.26 Å². The molecule has 0 saturated heterocycles. The number of aryl methyl sites for hydroxylation is 1. The van der Waals surface area contributed by atoms with Crippen molar-refractivity contribution in [2.24, 2.45) is 17.8 Å². The molecular weight excluding hydrogens is 296 g/mol. The number of carbonyl (C=O) groups is 2. The van der Waals surface area contributed by atoms with Gasteiger partial charge in [0.1, 0.15) is 16.9 Å². The highest BCUT2D eigenvalue weighted by Gasteiger charge is 2.41. The summed E-state index contributed by atoms with van der Waals surface area (Å²) in [5.74, 6) is 0.399. The lowest BCUT2D eigenvalue weighted by molar-refractivity contribution is -0.136. The Balaban J connectivity index is 1.75. The Morgan fingerprint density at radius 2 is 1.91 bits per heavy atom. The first-order chi connectivity index (χ1) is 10.5. The number of thiophene rings is 1. The van der Waals surface area contributed by atoms with Gasteiger partial charge in [-0.05, 0) is 45.1 Å². The molecule has 1 N–H and O–H groups in total. The van der Waals surface area contributed by atoms with E-state index in [0.717, 1.165) is 29.7 Å². The van der Waals surface area contributed by atoms with Gasteiger partial charge >= 0.3 is 0 Å². The molecule has 116 valence electrons. The largest absolute Gasteiger partial charge is 0.316 e. The lowest BCUT2D eigenvalue weighted by Gasteiger charge is -2.36. The van der Waals surface area contributed by atoms with Crippen LogP contribution >= 0.6 is 11.3 Å². The number of rotatable bonds is 2. The number of amides is 1. The van der Waals surface area contributed by atoms with E-state index in [1.54, 1.807) is 0 Å². The molecule has 22 heavy (non-hydrogen) atoms. The van der Waals surface area contributed by atoms with Crippen molar-refractivity contribution in [2.45, 2.75) is 46.0 Å². The van der Waals surface area contributed by atoms with Crippen LogP contribution < -0.4 is 5.32 Å². The molecule has 2 aliphatic rings. The summed E-state index contributed by atoms with van der Waals surface area (Å²) >= 11 is 1.46. The molecule has 0 radical (unpaired) electrons. The summed E-state index contributed by atoms with van der Waals surface area (Å²) in [4.78, 5) is 25.7. The average Bonchev–Trinajstić information content (AvgIpc) is 2.72. The number of nitriles is 1. The quantitative estimate of drug-likeness (QED) is 0.906. The molecule has 2 bridgehead atoms. The first-order valence-electron chi connectivity index (χ1n) is 7.86. The molecule has 0 aliphatic heterocycles. The van der Waals surface area contributed by atoms with E-state index >= 15 is 0 Å². The number of nitrogens with one attached hydrogen (secondary N) is 1. The maximum atomic E-state index is 12.6. The molecule has 5 heteroatoms. The molecule has 1 heterocycles. The van der Waals surface area contributed by atoms with Crippen molar-refractivity contribution in [1.82, 2.24) is 0 Å². The standard InChI is InChI=1S/C17H20N2O2S/c1-9-10(2)22-17(14(9)8-18)19-16(21)13-6-11-4-3-5-12(7-13)15(11)20/h11-13H,3-7H2,1-2H3,(H,19,21). The molecule has 1 aromatic heterocycles. The zero-order chi connectivity index (χ0) is 15.9. The van der Waals surface area contributed by atoms with E-state index in [1.807, 2.05) is 13.8 Å². The Labute approximate surface area is 134 Å². The summed E-state index contributed by atoms with van der Waals surface area (Å²) < 4.78 is 0. The highest BCUT2D eigenvalue weighted by Crippen LogP contribution is 2.41. The van der Waals surface area contributed by atoms with Crippen LogP contribution in [0.5, 0.6) is 0 Å². The Morgan fingerprint density at radius 1 is 1.27 bits per heavy atom. The summed E-state index contributed by atoms with van der Waals surface area (Å²) in [5, 5.41) is 12.9. The van der Waals surface area contributed by atoms with Crippen LogP contribution in [-0.4, -0.2) is 11.7 Å². The van der Waals surface area contributed by atoms with Gasteiger partial charge in [-0.15, -0.1) is 11.3 Å². The molecule has 3 rings (SSSR count). The van der Waals surface area contributed by atoms with Crippen molar-refractivity contribution in [3.63, 3.8) is 0 Å². The zero-order valence-electron chi connectivity index (χ0n) is 12.9. The van der Waals surface area contributed by atoms with E-state index in [-0.39, 0.29) is 23.7 Å². The zero-order valence-corrected chi connectivity index (χ0v) is 13.8. The summed E-state index contributed by atoms with van der Waals surface area (Å²) in [6.07, 6.45) is 4.32. The van der Waals surface area contributed by atoms with E-state index in [0.29, 0.717) is 29.2 Å².